The topological polar surface area (TPSA) is 69.0 Å². The first-order valence-corrected chi connectivity index (χ1v) is 8.24. The third kappa shape index (κ3) is 3.21. The Morgan fingerprint density at radius 1 is 1.24 bits per heavy atom. The van der Waals surface area contributed by atoms with Crippen molar-refractivity contribution in [1.29, 1.82) is 0 Å². The van der Waals surface area contributed by atoms with Crippen molar-refractivity contribution in [2.75, 3.05) is 5.32 Å². The van der Waals surface area contributed by atoms with E-state index in [4.69, 9.17) is 16.3 Å². The van der Waals surface area contributed by atoms with Crippen LogP contribution in [-0.2, 0) is 11.4 Å². The number of rotatable bonds is 4. The van der Waals surface area contributed by atoms with Gasteiger partial charge in [-0.25, -0.2) is 4.68 Å². The quantitative estimate of drug-likeness (QED) is 0.779. The van der Waals surface area contributed by atoms with Crippen LogP contribution < -0.4 is 10.1 Å². The number of hydrogen-bond donors (Lipinski definition) is 1. The predicted octanol–water partition coefficient (Wildman–Crippen LogP) is 3.44. The summed E-state index contributed by atoms with van der Waals surface area (Å²) in [5.74, 6) is 1.10. The summed E-state index contributed by atoms with van der Waals surface area (Å²) >= 11 is 6.16. The van der Waals surface area contributed by atoms with Crippen molar-refractivity contribution in [2.45, 2.75) is 19.1 Å². The molecule has 0 spiro atoms. The van der Waals surface area contributed by atoms with E-state index in [-0.39, 0.29) is 11.9 Å². The Balaban J connectivity index is 1.56. The summed E-state index contributed by atoms with van der Waals surface area (Å²) in [5, 5.41) is 7.60. The van der Waals surface area contributed by atoms with Crippen LogP contribution in [0.1, 0.15) is 23.6 Å². The fourth-order valence-electron chi connectivity index (χ4n) is 2.85. The monoisotopic (exact) mass is 354 g/mol. The lowest BCUT2D eigenvalue weighted by molar-refractivity contribution is -0.117. The van der Waals surface area contributed by atoms with E-state index >= 15 is 0 Å². The number of ether oxygens (including phenoxy) is 1. The fourth-order valence-corrected chi connectivity index (χ4v) is 3.04. The molecule has 4 rings (SSSR count). The number of hydrogen-bond acceptors (Lipinski definition) is 4. The zero-order valence-corrected chi connectivity index (χ0v) is 14.0. The van der Waals surface area contributed by atoms with Crippen molar-refractivity contribution in [3.8, 4) is 5.75 Å². The molecule has 1 aliphatic rings. The molecular formula is C18H15ClN4O2. The molecule has 1 aromatic heterocycles. The highest BCUT2D eigenvalue weighted by atomic mass is 35.5. The van der Waals surface area contributed by atoms with Crippen LogP contribution in [0.5, 0.6) is 5.75 Å². The summed E-state index contributed by atoms with van der Waals surface area (Å²) < 4.78 is 7.59. The lowest BCUT2D eigenvalue weighted by atomic mass is 10.0. The van der Waals surface area contributed by atoms with Gasteiger partial charge in [-0.1, -0.05) is 41.9 Å². The molecule has 1 aliphatic heterocycles. The highest BCUT2D eigenvalue weighted by Crippen LogP contribution is 2.30. The molecule has 2 heterocycles. The number of carbonyl (C=O) groups is 1. The largest absolute Gasteiger partial charge is 0.489 e. The normalized spacial score (nSPS) is 16.2. The predicted molar refractivity (Wildman–Crippen MR) is 93.6 cm³/mol. The average molecular weight is 355 g/mol. The SMILES string of the molecule is O=C1C[C@H](c2cccc(OCc3ccccc3Cl)c2)n2ncnc2N1. The first-order valence-electron chi connectivity index (χ1n) is 7.86. The number of halogens is 1. The second-order valence-corrected chi connectivity index (χ2v) is 6.16. The van der Waals surface area contributed by atoms with Gasteiger partial charge in [-0.3, -0.25) is 10.1 Å². The van der Waals surface area contributed by atoms with Gasteiger partial charge in [0.25, 0.3) is 0 Å². The molecule has 6 nitrogen and oxygen atoms in total. The minimum atomic E-state index is -0.199. The van der Waals surface area contributed by atoms with Crippen molar-refractivity contribution in [3.63, 3.8) is 0 Å². The maximum Gasteiger partial charge on any atom is 0.229 e. The van der Waals surface area contributed by atoms with Crippen LogP contribution in [0.25, 0.3) is 0 Å². The number of carbonyl (C=O) groups excluding carboxylic acids is 1. The van der Waals surface area contributed by atoms with Gasteiger partial charge in [0, 0.05) is 10.6 Å². The third-order valence-electron chi connectivity index (χ3n) is 4.09. The molecule has 2 aromatic carbocycles. The first kappa shape index (κ1) is 15.7. The van der Waals surface area contributed by atoms with Gasteiger partial charge in [-0.2, -0.15) is 10.1 Å². The summed E-state index contributed by atoms with van der Waals surface area (Å²) in [6.45, 7) is 0.378. The minimum Gasteiger partial charge on any atom is -0.489 e. The van der Waals surface area contributed by atoms with Gasteiger partial charge in [0.15, 0.2) is 0 Å². The van der Waals surface area contributed by atoms with Crippen LogP contribution in [0.2, 0.25) is 5.02 Å². The number of aromatic nitrogens is 3. The molecule has 126 valence electrons. The van der Waals surface area contributed by atoms with Crippen LogP contribution in [0, 0.1) is 0 Å². The van der Waals surface area contributed by atoms with E-state index in [1.807, 2.05) is 48.5 Å². The van der Waals surface area contributed by atoms with Crippen molar-refractivity contribution in [2.24, 2.45) is 0 Å². The molecule has 0 fully saturated rings. The minimum absolute atomic E-state index is 0.0760. The molecule has 7 heteroatoms. The van der Waals surface area contributed by atoms with Crippen LogP contribution in [0.3, 0.4) is 0 Å². The number of nitrogens with one attached hydrogen (secondary N) is 1. The second-order valence-electron chi connectivity index (χ2n) is 5.75. The first-order chi connectivity index (χ1) is 12.2. The van der Waals surface area contributed by atoms with E-state index in [9.17, 15) is 4.79 Å². The fraction of sp³-hybridized carbons (Fsp3) is 0.167. The number of fused-ring (bicyclic) bond motifs is 1. The molecular weight excluding hydrogens is 340 g/mol. The van der Waals surface area contributed by atoms with Crippen LogP contribution in [0.4, 0.5) is 5.95 Å². The molecule has 0 saturated carbocycles. The highest BCUT2D eigenvalue weighted by molar-refractivity contribution is 6.31. The molecule has 0 radical (unpaired) electrons. The summed E-state index contributed by atoms with van der Waals surface area (Å²) in [5.41, 5.74) is 1.86. The molecule has 1 N–H and O–H groups in total. The smallest absolute Gasteiger partial charge is 0.229 e. The van der Waals surface area contributed by atoms with Gasteiger partial charge in [-0.05, 0) is 23.8 Å². The van der Waals surface area contributed by atoms with E-state index in [0.29, 0.717) is 29.7 Å². The summed E-state index contributed by atoms with van der Waals surface area (Å²) in [4.78, 5) is 16.0. The molecule has 0 bridgehead atoms. The molecule has 1 atom stereocenters. The van der Waals surface area contributed by atoms with Crippen LogP contribution >= 0.6 is 11.6 Å². The van der Waals surface area contributed by atoms with Crippen molar-refractivity contribution >= 4 is 23.5 Å². The van der Waals surface area contributed by atoms with E-state index < -0.39 is 0 Å². The molecule has 0 aliphatic carbocycles. The molecule has 0 saturated heterocycles. The summed E-state index contributed by atoms with van der Waals surface area (Å²) in [6, 6.07) is 15.0. The molecule has 0 unspecified atom stereocenters. The maximum atomic E-state index is 11.9. The molecule has 1 amide bonds. The maximum absolute atomic E-state index is 11.9. The van der Waals surface area contributed by atoms with Crippen LogP contribution in [0.15, 0.2) is 54.9 Å². The summed E-state index contributed by atoms with van der Waals surface area (Å²) in [6.07, 6.45) is 1.75. The Hall–Kier alpha value is -2.86. The third-order valence-corrected chi connectivity index (χ3v) is 4.46. The Bertz CT molecular complexity index is 925. The van der Waals surface area contributed by atoms with E-state index in [1.165, 1.54) is 6.33 Å². The standard InChI is InChI=1S/C18H15ClN4O2/c19-15-7-2-1-4-13(15)10-25-14-6-3-5-12(8-14)16-9-17(24)22-18-20-11-21-23(16)18/h1-8,11,16H,9-10H2,(H,20,21,22,24)/t16-/m1/s1. The van der Waals surface area contributed by atoms with Gasteiger partial charge in [0.05, 0.1) is 12.5 Å². The highest BCUT2D eigenvalue weighted by Gasteiger charge is 2.27. The summed E-state index contributed by atoms with van der Waals surface area (Å²) in [7, 11) is 0. The Morgan fingerprint density at radius 3 is 3.00 bits per heavy atom. The zero-order chi connectivity index (χ0) is 17.2. The van der Waals surface area contributed by atoms with Gasteiger partial charge in [0.2, 0.25) is 11.9 Å². The Morgan fingerprint density at radius 2 is 2.12 bits per heavy atom. The van der Waals surface area contributed by atoms with E-state index in [2.05, 4.69) is 15.4 Å². The van der Waals surface area contributed by atoms with Crippen LogP contribution in [-0.4, -0.2) is 20.7 Å². The zero-order valence-electron chi connectivity index (χ0n) is 13.2. The Kier molecular flexibility index (Phi) is 4.11. The lowest BCUT2D eigenvalue weighted by Crippen LogP contribution is -2.29. The van der Waals surface area contributed by atoms with Gasteiger partial charge in [0.1, 0.15) is 18.7 Å². The molecule has 3 aromatic rings. The average Bonchev–Trinajstić information content (AvgIpc) is 3.09. The second kappa shape index (κ2) is 6.57. The number of amides is 1. The lowest BCUT2D eigenvalue weighted by Gasteiger charge is -2.24. The Labute approximate surface area is 149 Å². The van der Waals surface area contributed by atoms with E-state index in [0.717, 1.165) is 11.1 Å². The number of benzene rings is 2. The van der Waals surface area contributed by atoms with Gasteiger partial charge >= 0.3 is 0 Å². The van der Waals surface area contributed by atoms with Crippen molar-refractivity contribution in [3.05, 3.63) is 71.0 Å². The number of anilines is 1. The number of nitrogens with zero attached hydrogens (tertiary/aromatic N) is 3. The van der Waals surface area contributed by atoms with E-state index in [1.54, 1.807) is 4.68 Å². The molecule has 25 heavy (non-hydrogen) atoms. The van der Waals surface area contributed by atoms with Gasteiger partial charge < -0.3 is 4.74 Å². The van der Waals surface area contributed by atoms with Crippen molar-refractivity contribution in [1.82, 2.24) is 14.8 Å². The van der Waals surface area contributed by atoms with Gasteiger partial charge in [-0.15, -0.1) is 0 Å². The van der Waals surface area contributed by atoms with Crippen molar-refractivity contribution < 1.29 is 9.53 Å².